The lowest BCUT2D eigenvalue weighted by Crippen LogP contribution is -2.38. The maximum absolute atomic E-state index is 11.9. The van der Waals surface area contributed by atoms with Crippen molar-refractivity contribution >= 4 is 24.0 Å². The van der Waals surface area contributed by atoms with Gasteiger partial charge in [0.15, 0.2) is 6.10 Å². The molecule has 1 heterocycles. The number of aliphatic hydroxyl groups is 1. The molecular weight excluding hydrogens is 280 g/mol. The third kappa shape index (κ3) is 5.54. The Kier molecular flexibility index (Phi) is 6.77. The molecule has 0 saturated heterocycles. The molecule has 0 bridgehead atoms. The van der Waals surface area contributed by atoms with E-state index in [0.29, 0.717) is 5.56 Å². The van der Waals surface area contributed by atoms with Gasteiger partial charge in [-0.2, -0.15) is 13.2 Å². The number of rotatable bonds is 4. The molecule has 0 aliphatic rings. The van der Waals surface area contributed by atoms with Gasteiger partial charge in [-0.1, -0.05) is 17.7 Å². The molecule has 1 aromatic heterocycles. The van der Waals surface area contributed by atoms with E-state index in [4.69, 9.17) is 16.7 Å². The predicted molar refractivity (Wildman–Crippen MR) is 60.3 cm³/mol. The second-order valence-electron chi connectivity index (χ2n) is 3.14. The van der Waals surface area contributed by atoms with Gasteiger partial charge in [-0.15, -0.1) is 12.4 Å². The van der Waals surface area contributed by atoms with Crippen LogP contribution in [0.1, 0.15) is 5.56 Å². The third-order valence-electron chi connectivity index (χ3n) is 1.87. The molecule has 0 aliphatic carbocycles. The van der Waals surface area contributed by atoms with Gasteiger partial charge in [-0.3, -0.25) is 0 Å². The molecule has 2 N–H and O–H groups in total. The Balaban J connectivity index is 0.00000256. The van der Waals surface area contributed by atoms with Crippen molar-refractivity contribution in [1.82, 2.24) is 10.3 Å². The van der Waals surface area contributed by atoms with E-state index in [-0.39, 0.29) is 24.1 Å². The molecule has 1 atom stereocenters. The molecule has 0 radical (unpaired) electrons. The summed E-state index contributed by atoms with van der Waals surface area (Å²) >= 11 is 5.69. The molecule has 1 rings (SSSR count). The second kappa shape index (κ2) is 7.00. The number of alkyl halides is 3. The van der Waals surface area contributed by atoms with Crippen molar-refractivity contribution < 1.29 is 18.3 Å². The minimum atomic E-state index is -4.61. The minimum absolute atomic E-state index is 0. The average Bonchev–Trinajstić information content (AvgIpc) is 2.19. The van der Waals surface area contributed by atoms with Crippen molar-refractivity contribution in [3.63, 3.8) is 0 Å². The maximum atomic E-state index is 11.9. The van der Waals surface area contributed by atoms with Gasteiger partial charge in [-0.05, 0) is 6.07 Å². The monoisotopic (exact) mass is 290 g/mol. The molecule has 98 valence electrons. The summed E-state index contributed by atoms with van der Waals surface area (Å²) in [7, 11) is 0. The summed E-state index contributed by atoms with van der Waals surface area (Å²) in [5, 5.41) is 11.4. The van der Waals surface area contributed by atoms with Crippen molar-refractivity contribution in [3.8, 4) is 0 Å². The van der Waals surface area contributed by atoms with Gasteiger partial charge in [-0.25, -0.2) is 4.98 Å². The minimum Gasteiger partial charge on any atom is -0.382 e. The van der Waals surface area contributed by atoms with Crippen molar-refractivity contribution in [2.75, 3.05) is 6.54 Å². The third-order valence-corrected chi connectivity index (χ3v) is 2.21. The summed E-state index contributed by atoms with van der Waals surface area (Å²) in [6.07, 6.45) is -5.50. The fraction of sp³-hybridized carbons (Fsp3) is 0.444. The molecule has 0 amide bonds. The van der Waals surface area contributed by atoms with Gasteiger partial charge in [0, 0.05) is 24.8 Å². The number of aliphatic hydroxyl groups excluding tert-OH is 1. The molecule has 0 saturated carbocycles. The van der Waals surface area contributed by atoms with Crippen LogP contribution in [0.25, 0.3) is 0 Å². The largest absolute Gasteiger partial charge is 0.415 e. The molecule has 0 aromatic carbocycles. The van der Waals surface area contributed by atoms with Crippen LogP contribution in [-0.2, 0) is 6.54 Å². The molecule has 1 unspecified atom stereocenters. The Morgan fingerprint density at radius 3 is 2.65 bits per heavy atom. The quantitative estimate of drug-likeness (QED) is 0.836. The number of aromatic nitrogens is 1. The van der Waals surface area contributed by atoms with Crippen LogP contribution >= 0.6 is 24.0 Å². The number of halogens is 5. The Morgan fingerprint density at radius 2 is 2.12 bits per heavy atom. The summed E-state index contributed by atoms with van der Waals surface area (Å²) < 4.78 is 35.8. The SMILES string of the molecule is Cl.OC(CNCc1cccnc1Cl)C(F)(F)F. The van der Waals surface area contributed by atoms with Crippen molar-refractivity contribution in [3.05, 3.63) is 29.0 Å². The zero-order valence-corrected chi connectivity index (χ0v) is 10.1. The Morgan fingerprint density at radius 1 is 1.47 bits per heavy atom. The first-order valence-corrected chi connectivity index (χ1v) is 4.84. The highest BCUT2D eigenvalue weighted by atomic mass is 35.5. The first-order valence-electron chi connectivity index (χ1n) is 4.46. The Labute approximate surface area is 107 Å². The Bertz CT molecular complexity index is 349. The van der Waals surface area contributed by atoms with Crippen molar-refractivity contribution in [2.45, 2.75) is 18.8 Å². The number of hydrogen-bond donors (Lipinski definition) is 2. The van der Waals surface area contributed by atoms with Crippen LogP contribution in [0, 0.1) is 0 Å². The van der Waals surface area contributed by atoms with Crippen LogP contribution in [0.3, 0.4) is 0 Å². The normalized spacial score (nSPS) is 13.0. The number of nitrogens with zero attached hydrogens (tertiary/aromatic N) is 1. The predicted octanol–water partition coefficient (Wildman–Crippen LogP) is 2.17. The van der Waals surface area contributed by atoms with Crippen LogP contribution in [0.15, 0.2) is 18.3 Å². The van der Waals surface area contributed by atoms with E-state index in [2.05, 4.69) is 10.3 Å². The highest BCUT2D eigenvalue weighted by Gasteiger charge is 2.37. The first-order chi connectivity index (χ1) is 7.41. The van der Waals surface area contributed by atoms with Gasteiger partial charge >= 0.3 is 6.18 Å². The van der Waals surface area contributed by atoms with E-state index in [0.717, 1.165) is 0 Å². The van der Waals surface area contributed by atoms with Gasteiger partial charge in [0.1, 0.15) is 5.15 Å². The van der Waals surface area contributed by atoms with Crippen LogP contribution in [0.2, 0.25) is 5.15 Å². The second-order valence-corrected chi connectivity index (χ2v) is 3.50. The number of nitrogens with one attached hydrogen (secondary N) is 1. The van der Waals surface area contributed by atoms with E-state index >= 15 is 0 Å². The van der Waals surface area contributed by atoms with E-state index in [9.17, 15) is 13.2 Å². The molecule has 3 nitrogen and oxygen atoms in total. The maximum Gasteiger partial charge on any atom is 0.415 e. The van der Waals surface area contributed by atoms with Gasteiger partial charge in [0.25, 0.3) is 0 Å². The molecule has 0 aliphatic heterocycles. The van der Waals surface area contributed by atoms with Gasteiger partial charge < -0.3 is 10.4 Å². The highest BCUT2D eigenvalue weighted by Crippen LogP contribution is 2.19. The van der Waals surface area contributed by atoms with Crippen molar-refractivity contribution in [1.29, 1.82) is 0 Å². The lowest BCUT2D eigenvalue weighted by atomic mass is 10.2. The first kappa shape index (κ1) is 16.4. The van der Waals surface area contributed by atoms with Gasteiger partial charge in [0.05, 0.1) is 0 Å². The summed E-state index contributed by atoms with van der Waals surface area (Å²) in [5.74, 6) is 0. The molecular formula is C9H11Cl2F3N2O. The molecule has 1 aromatic rings. The Hall–Kier alpha value is -0.560. The topological polar surface area (TPSA) is 45.1 Å². The standard InChI is InChI=1S/C9H10ClF3N2O.ClH/c10-8-6(2-1-3-15-8)4-14-5-7(16)9(11,12)13;/h1-3,7,14,16H,4-5H2;1H. The lowest BCUT2D eigenvalue weighted by Gasteiger charge is -2.15. The zero-order valence-electron chi connectivity index (χ0n) is 8.54. The lowest BCUT2D eigenvalue weighted by molar-refractivity contribution is -0.201. The average molecular weight is 291 g/mol. The summed E-state index contributed by atoms with van der Waals surface area (Å²) in [6, 6.07) is 3.27. The summed E-state index contributed by atoms with van der Waals surface area (Å²) in [5.41, 5.74) is 0.582. The molecule has 0 fully saturated rings. The van der Waals surface area contributed by atoms with Crippen LogP contribution in [-0.4, -0.2) is 28.9 Å². The van der Waals surface area contributed by atoms with Crippen LogP contribution < -0.4 is 5.32 Å². The van der Waals surface area contributed by atoms with Crippen molar-refractivity contribution in [2.24, 2.45) is 0 Å². The summed E-state index contributed by atoms with van der Waals surface area (Å²) in [6.45, 7) is -0.450. The number of hydrogen-bond acceptors (Lipinski definition) is 3. The smallest absolute Gasteiger partial charge is 0.382 e. The zero-order chi connectivity index (χ0) is 12.2. The van der Waals surface area contributed by atoms with E-state index in [1.807, 2.05) is 0 Å². The van der Waals surface area contributed by atoms with Gasteiger partial charge in [0.2, 0.25) is 0 Å². The van der Waals surface area contributed by atoms with E-state index < -0.39 is 18.8 Å². The fourth-order valence-corrected chi connectivity index (χ4v) is 1.20. The summed E-state index contributed by atoms with van der Waals surface area (Å²) in [4.78, 5) is 3.77. The van der Waals surface area contributed by atoms with Crippen LogP contribution in [0.4, 0.5) is 13.2 Å². The number of pyridine rings is 1. The van der Waals surface area contributed by atoms with E-state index in [1.54, 1.807) is 12.1 Å². The van der Waals surface area contributed by atoms with Crippen LogP contribution in [0.5, 0.6) is 0 Å². The highest BCUT2D eigenvalue weighted by molar-refractivity contribution is 6.30. The molecule has 17 heavy (non-hydrogen) atoms. The molecule has 0 spiro atoms. The van der Waals surface area contributed by atoms with E-state index in [1.165, 1.54) is 6.20 Å². The fourth-order valence-electron chi connectivity index (χ4n) is 1.01. The molecule has 8 heteroatoms.